The SMILES string of the molecule is CCCNC(=O)c1ccccc1N1CCC(NC(=O)c2ccc(Br)cc2)CC1. The molecule has 1 heterocycles. The Morgan fingerprint density at radius 3 is 2.39 bits per heavy atom. The monoisotopic (exact) mass is 443 g/mol. The first-order valence-corrected chi connectivity index (χ1v) is 10.6. The molecule has 0 saturated carbocycles. The molecule has 2 N–H and O–H groups in total. The number of hydrogen-bond acceptors (Lipinski definition) is 3. The van der Waals surface area contributed by atoms with Crippen molar-refractivity contribution >= 4 is 33.4 Å². The van der Waals surface area contributed by atoms with Crippen LogP contribution >= 0.6 is 15.9 Å². The zero-order valence-corrected chi connectivity index (χ0v) is 17.7. The fraction of sp³-hybridized carbons (Fsp3) is 0.364. The second kappa shape index (κ2) is 9.73. The van der Waals surface area contributed by atoms with Gasteiger partial charge in [0.1, 0.15) is 0 Å². The van der Waals surface area contributed by atoms with Crippen LogP contribution in [0.25, 0.3) is 0 Å². The Balaban J connectivity index is 1.59. The Morgan fingerprint density at radius 2 is 1.71 bits per heavy atom. The Kier molecular flexibility index (Phi) is 7.09. The van der Waals surface area contributed by atoms with Gasteiger partial charge in [0.25, 0.3) is 11.8 Å². The minimum Gasteiger partial charge on any atom is -0.371 e. The van der Waals surface area contributed by atoms with Gasteiger partial charge >= 0.3 is 0 Å². The molecule has 2 aromatic carbocycles. The number of benzene rings is 2. The highest BCUT2D eigenvalue weighted by molar-refractivity contribution is 9.10. The quantitative estimate of drug-likeness (QED) is 0.709. The van der Waals surface area contributed by atoms with Crippen LogP contribution in [0.15, 0.2) is 53.0 Å². The summed E-state index contributed by atoms with van der Waals surface area (Å²) >= 11 is 3.39. The number of anilines is 1. The highest BCUT2D eigenvalue weighted by atomic mass is 79.9. The first-order chi connectivity index (χ1) is 13.6. The van der Waals surface area contributed by atoms with Crippen molar-refractivity contribution in [2.75, 3.05) is 24.5 Å². The largest absolute Gasteiger partial charge is 0.371 e. The molecule has 1 fully saturated rings. The molecule has 0 unspecified atom stereocenters. The summed E-state index contributed by atoms with van der Waals surface area (Å²) in [5.74, 6) is -0.0617. The third-order valence-electron chi connectivity index (χ3n) is 4.96. The molecule has 1 aliphatic rings. The fourth-order valence-electron chi connectivity index (χ4n) is 3.41. The summed E-state index contributed by atoms with van der Waals surface area (Å²) in [5, 5.41) is 6.09. The van der Waals surface area contributed by atoms with Crippen LogP contribution in [0.3, 0.4) is 0 Å². The average molecular weight is 444 g/mol. The van der Waals surface area contributed by atoms with Crippen LogP contribution in [-0.2, 0) is 0 Å². The molecule has 5 nitrogen and oxygen atoms in total. The third-order valence-corrected chi connectivity index (χ3v) is 5.49. The summed E-state index contributed by atoms with van der Waals surface area (Å²) < 4.78 is 0.957. The van der Waals surface area contributed by atoms with Crippen LogP contribution in [0.2, 0.25) is 0 Å². The Hall–Kier alpha value is -2.34. The molecule has 0 aromatic heterocycles. The lowest BCUT2D eigenvalue weighted by Gasteiger charge is -2.35. The molecule has 3 rings (SSSR count). The molecule has 1 aliphatic heterocycles. The second-order valence-electron chi connectivity index (χ2n) is 7.01. The number of carbonyl (C=O) groups is 2. The molecule has 0 atom stereocenters. The number of carbonyl (C=O) groups excluding carboxylic acids is 2. The molecule has 0 aliphatic carbocycles. The van der Waals surface area contributed by atoms with E-state index in [-0.39, 0.29) is 17.9 Å². The maximum Gasteiger partial charge on any atom is 0.253 e. The summed E-state index contributed by atoms with van der Waals surface area (Å²) in [4.78, 5) is 27.1. The van der Waals surface area contributed by atoms with E-state index in [1.807, 2.05) is 55.5 Å². The first kappa shape index (κ1) is 20.4. The fourth-order valence-corrected chi connectivity index (χ4v) is 3.67. The van der Waals surface area contributed by atoms with Gasteiger partial charge in [-0.15, -0.1) is 0 Å². The lowest BCUT2D eigenvalue weighted by Crippen LogP contribution is -2.45. The molecule has 2 amide bonds. The maximum atomic E-state index is 12.5. The van der Waals surface area contributed by atoms with Crippen molar-refractivity contribution < 1.29 is 9.59 Å². The van der Waals surface area contributed by atoms with Crippen molar-refractivity contribution in [3.63, 3.8) is 0 Å². The van der Waals surface area contributed by atoms with Crippen molar-refractivity contribution in [1.82, 2.24) is 10.6 Å². The Bertz CT molecular complexity index is 815. The predicted octanol–water partition coefficient (Wildman–Crippen LogP) is 3.99. The molecule has 0 radical (unpaired) electrons. The highest BCUT2D eigenvalue weighted by Gasteiger charge is 2.24. The maximum absolute atomic E-state index is 12.5. The molecular weight excluding hydrogens is 418 g/mol. The van der Waals surface area contributed by atoms with E-state index in [0.717, 1.165) is 42.5 Å². The Labute approximate surface area is 174 Å². The van der Waals surface area contributed by atoms with Gasteiger partial charge in [-0.1, -0.05) is 35.0 Å². The number of amides is 2. The van der Waals surface area contributed by atoms with Crippen LogP contribution in [0, 0.1) is 0 Å². The number of hydrogen-bond donors (Lipinski definition) is 2. The standard InChI is InChI=1S/C22H26BrN3O2/c1-2-13-24-22(28)19-5-3-4-6-20(19)26-14-11-18(12-15-26)25-21(27)16-7-9-17(23)10-8-16/h3-10,18H,2,11-15H2,1H3,(H,24,28)(H,25,27). The lowest BCUT2D eigenvalue weighted by molar-refractivity contribution is 0.0929. The van der Waals surface area contributed by atoms with Gasteiger partial charge in [-0.25, -0.2) is 0 Å². The van der Waals surface area contributed by atoms with Crippen molar-refractivity contribution in [1.29, 1.82) is 0 Å². The molecule has 2 aromatic rings. The van der Waals surface area contributed by atoms with Crippen LogP contribution in [0.5, 0.6) is 0 Å². The number of nitrogens with zero attached hydrogens (tertiary/aromatic N) is 1. The third kappa shape index (κ3) is 5.13. The van der Waals surface area contributed by atoms with E-state index < -0.39 is 0 Å². The number of rotatable bonds is 6. The summed E-state index contributed by atoms with van der Waals surface area (Å²) in [5.41, 5.74) is 2.35. The number of halogens is 1. The van der Waals surface area contributed by atoms with Crippen molar-refractivity contribution in [3.8, 4) is 0 Å². The second-order valence-corrected chi connectivity index (χ2v) is 7.93. The number of piperidine rings is 1. The van der Waals surface area contributed by atoms with Crippen LogP contribution in [-0.4, -0.2) is 37.5 Å². The minimum absolute atomic E-state index is 0.0249. The molecule has 148 valence electrons. The van der Waals surface area contributed by atoms with E-state index >= 15 is 0 Å². The van der Waals surface area contributed by atoms with Crippen LogP contribution in [0.4, 0.5) is 5.69 Å². The summed E-state index contributed by atoms with van der Waals surface area (Å²) in [7, 11) is 0. The normalized spacial score (nSPS) is 14.6. The Morgan fingerprint density at radius 1 is 1.04 bits per heavy atom. The van der Waals surface area contributed by atoms with E-state index in [0.29, 0.717) is 17.7 Å². The smallest absolute Gasteiger partial charge is 0.253 e. The molecule has 6 heteroatoms. The van der Waals surface area contributed by atoms with Gasteiger partial charge in [0.05, 0.1) is 5.56 Å². The summed E-state index contributed by atoms with van der Waals surface area (Å²) in [6, 6.07) is 15.3. The highest BCUT2D eigenvalue weighted by Crippen LogP contribution is 2.24. The lowest BCUT2D eigenvalue weighted by atomic mass is 10.0. The summed E-state index contributed by atoms with van der Waals surface area (Å²) in [6.45, 7) is 4.34. The predicted molar refractivity (Wildman–Crippen MR) is 116 cm³/mol. The van der Waals surface area contributed by atoms with Crippen LogP contribution in [0.1, 0.15) is 46.9 Å². The van der Waals surface area contributed by atoms with Gasteiger partial charge in [0.2, 0.25) is 0 Å². The van der Waals surface area contributed by atoms with E-state index in [1.165, 1.54) is 0 Å². The zero-order chi connectivity index (χ0) is 19.9. The topological polar surface area (TPSA) is 61.4 Å². The van der Waals surface area contributed by atoms with E-state index in [9.17, 15) is 9.59 Å². The van der Waals surface area contributed by atoms with Crippen molar-refractivity contribution in [2.24, 2.45) is 0 Å². The molecule has 0 bridgehead atoms. The zero-order valence-electron chi connectivity index (χ0n) is 16.1. The van der Waals surface area contributed by atoms with Gasteiger partial charge in [-0.3, -0.25) is 9.59 Å². The van der Waals surface area contributed by atoms with Gasteiger partial charge < -0.3 is 15.5 Å². The van der Waals surface area contributed by atoms with Gasteiger partial charge in [-0.05, 0) is 55.7 Å². The first-order valence-electron chi connectivity index (χ1n) is 9.77. The van der Waals surface area contributed by atoms with Crippen molar-refractivity contribution in [2.45, 2.75) is 32.2 Å². The van der Waals surface area contributed by atoms with E-state index in [4.69, 9.17) is 0 Å². The molecule has 0 spiro atoms. The van der Waals surface area contributed by atoms with Gasteiger partial charge in [0, 0.05) is 41.4 Å². The number of para-hydroxylation sites is 1. The van der Waals surface area contributed by atoms with Gasteiger partial charge in [-0.2, -0.15) is 0 Å². The minimum atomic E-state index is -0.0368. The average Bonchev–Trinajstić information content (AvgIpc) is 2.73. The van der Waals surface area contributed by atoms with Gasteiger partial charge in [0.15, 0.2) is 0 Å². The number of nitrogens with one attached hydrogen (secondary N) is 2. The molecular formula is C22H26BrN3O2. The van der Waals surface area contributed by atoms with E-state index in [2.05, 4.69) is 31.5 Å². The summed E-state index contributed by atoms with van der Waals surface area (Å²) in [6.07, 6.45) is 2.62. The van der Waals surface area contributed by atoms with Crippen LogP contribution < -0.4 is 15.5 Å². The molecule has 1 saturated heterocycles. The van der Waals surface area contributed by atoms with E-state index in [1.54, 1.807) is 0 Å². The molecule has 28 heavy (non-hydrogen) atoms. The van der Waals surface area contributed by atoms with Crippen molar-refractivity contribution in [3.05, 3.63) is 64.1 Å².